The molecule has 1 aromatic heterocycles. The maximum Gasteiger partial charge on any atom is 0.262 e. The predicted molar refractivity (Wildman–Crippen MR) is 99.5 cm³/mol. The standard InChI is InChI=1S/C19H17ClN2O3/c1-2-22-16-6-4-3-5-15(16)17(11-19(22)24)25-12-18(23)21-14-9-7-13(20)8-10-14/h3-11H,2,12H2,1H3,(H,21,23). The molecule has 0 unspecified atom stereocenters. The lowest BCUT2D eigenvalue weighted by molar-refractivity contribution is -0.118. The minimum atomic E-state index is -0.314. The summed E-state index contributed by atoms with van der Waals surface area (Å²) in [6.45, 7) is 2.28. The van der Waals surface area contributed by atoms with E-state index < -0.39 is 0 Å². The minimum Gasteiger partial charge on any atom is -0.483 e. The minimum absolute atomic E-state index is 0.158. The second-order valence-electron chi connectivity index (χ2n) is 5.45. The molecule has 1 amide bonds. The van der Waals surface area contributed by atoms with Crippen molar-refractivity contribution in [2.75, 3.05) is 11.9 Å². The highest BCUT2D eigenvalue weighted by molar-refractivity contribution is 6.30. The van der Waals surface area contributed by atoms with Gasteiger partial charge in [-0.05, 0) is 43.3 Å². The van der Waals surface area contributed by atoms with Gasteiger partial charge in [0.15, 0.2) is 6.61 Å². The van der Waals surface area contributed by atoms with Gasteiger partial charge in [0.1, 0.15) is 5.75 Å². The van der Waals surface area contributed by atoms with E-state index in [2.05, 4.69) is 5.32 Å². The molecule has 128 valence electrons. The molecule has 25 heavy (non-hydrogen) atoms. The van der Waals surface area contributed by atoms with Crippen molar-refractivity contribution in [1.29, 1.82) is 0 Å². The van der Waals surface area contributed by atoms with Crippen LogP contribution in [0.4, 0.5) is 5.69 Å². The van der Waals surface area contributed by atoms with E-state index in [-0.39, 0.29) is 18.1 Å². The third-order valence-corrected chi connectivity index (χ3v) is 4.04. The van der Waals surface area contributed by atoms with Gasteiger partial charge in [-0.2, -0.15) is 0 Å². The number of rotatable bonds is 5. The molecule has 3 aromatic rings. The monoisotopic (exact) mass is 356 g/mol. The van der Waals surface area contributed by atoms with Gasteiger partial charge in [0.2, 0.25) is 0 Å². The van der Waals surface area contributed by atoms with Crippen LogP contribution in [-0.2, 0) is 11.3 Å². The molecule has 0 bridgehead atoms. The zero-order valence-corrected chi connectivity index (χ0v) is 14.4. The Balaban J connectivity index is 1.78. The van der Waals surface area contributed by atoms with Crippen molar-refractivity contribution in [2.24, 2.45) is 0 Å². The Hall–Kier alpha value is -2.79. The summed E-state index contributed by atoms with van der Waals surface area (Å²) in [4.78, 5) is 24.3. The highest BCUT2D eigenvalue weighted by Gasteiger charge is 2.10. The normalized spacial score (nSPS) is 10.6. The number of amides is 1. The Morgan fingerprint density at radius 3 is 2.60 bits per heavy atom. The van der Waals surface area contributed by atoms with Crippen molar-refractivity contribution in [3.63, 3.8) is 0 Å². The molecule has 1 heterocycles. The number of pyridine rings is 1. The number of para-hydroxylation sites is 1. The van der Waals surface area contributed by atoms with Gasteiger partial charge in [0.25, 0.3) is 11.5 Å². The number of hydrogen-bond donors (Lipinski definition) is 1. The number of aryl methyl sites for hydroxylation is 1. The van der Waals surface area contributed by atoms with E-state index in [0.29, 0.717) is 23.0 Å². The first-order valence-corrected chi connectivity index (χ1v) is 8.27. The smallest absolute Gasteiger partial charge is 0.262 e. The molecule has 0 saturated carbocycles. The molecule has 1 N–H and O–H groups in total. The molecule has 3 rings (SSSR count). The van der Waals surface area contributed by atoms with Gasteiger partial charge in [-0.25, -0.2) is 0 Å². The number of nitrogens with zero attached hydrogens (tertiary/aromatic N) is 1. The van der Waals surface area contributed by atoms with E-state index in [4.69, 9.17) is 16.3 Å². The second-order valence-corrected chi connectivity index (χ2v) is 5.89. The highest BCUT2D eigenvalue weighted by Crippen LogP contribution is 2.23. The third kappa shape index (κ3) is 3.83. The topological polar surface area (TPSA) is 60.3 Å². The number of anilines is 1. The lowest BCUT2D eigenvalue weighted by Gasteiger charge is -2.13. The number of ether oxygens (including phenoxy) is 1. The lowest BCUT2D eigenvalue weighted by Crippen LogP contribution is -2.22. The van der Waals surface area contributed by atoms with E-state index in [1.54, 1.807) is 28.8 Å². The largest absolute Gasteiger partial charge is 0.483 e. The number of hydrogen-bond acceptors (Lipinski definition) is 3. The highest BCUT2D eigenvalue weighted by atomic mass is 35.5. The van der Waals surface area contributed by atoms with Crippen molar-refractivity contribution in [2.45, 2.75) is 13.5 Å². The van der Waals surface area contributed by atoms with Crippen LogP contribution in [0, 0.1) is 0 Å². The summed E-state index contributed by atoms with van der Waals surface area (Å²) < 4.78 is 7.27. The third-order valence-electron chi connectivity index (χ3n) is 3.78. The number of halogens is 1. The van der Waals surface area contributed by atoms with Crippen LogP contribution in [0.2, 0.25) is 5.02 Å². The molecule has 0 fully saturated rings. The Morgan fingerprint density at radius 1 is 1.16 bits per heavy atom. The van der Waals surface area contributed by atoms with E-state index >= 15 is 0 Å². The SMILES string of the molecule is CCn1c(=O)cc(OCC(=O)Nc2ccc(Cl)cc2)c2ccccc21. The summed E-state index contributed by atoms with van der Waals surface area (Å²) in [6.07, 6.45) is 0. The fourth-order valence-electron chi connectivity index (χ4n) is 2.62. The molecule has 0 aliphatic carbocycles. The first-order valence-electron chi connectivity index (χ1n) is 7.89. The number of carbonyl (C=O) groups is 1. The van der Waals surface area contributed by atoms with Crippen molar-refractivity contribution >= 4 is 34.1 Å². The van der Waals surface area contributed by atoms with Crippen molar-refractivity contribution in [3.05, 3.63) is 70.0 Å². The van der Waals surface area contributed by atoms with Gasteiger partial charge in [0, 0.05) is 28.7 Å². The molecule has 0 aliphatic heterocycles. The number of aromatic nitrogens is 1. The molecule has 2 aromatic carbocycles. The van der Waals surface area contributed by atoms with Crippen molar-refractivity contribution in [1.82, 2.24) is 4.57 Å². The van der Waals surface area contributed by atoms with Gasteiger partial charge in [-0.15, -0.1) is 0 Å². The van der Waals surface area contributed by atoms with Crippen LogP contribution >= 0.6 is 11.6 Å². The van der Waals surface area contributed by atoms with E-state index in [1.165, 1.54) is 6.07 Å². The summed E-state index contributed by atoms with van der Waals surface area (Å²) >= 11 is 5.82. The zero-order chi connectivity index (χ0) is 17.8. The maximum atomic E-state index is 12.2. The van der Waals surface area contributed by atoms with Crippen LogP contribution in [0.3, 0.4) is 0 Å². The molecular formula is C19H17ClN2O3. The number of nitrogens with one attached hydrogen (secondary N) is 1. The number of fused-ring (bicyclic) bond motifs is 1. The summed E-state index contributed by atoms with van der Waals surface area (Å²) in [6, 6.07) is 15.7. The quantitative estimate of drug-likeness (QED) is 0.758. The zero-order valence-electron chi connectivity index (χ0n) is 13.7. The fourth-order valence-corrected chi connectivity index (χ4v) is 2.75. The Labute approximate surface area is 149 Å². The molecule has 0 radical (unpaired) electrons. The van der Waals surface area contributed by atoms with Crippen LogP contribution in [0.15, 0.2) is 59.4 Å². The van der Waals surface area contributed by atoms with Crippen molar-refractivity contribution in [3.8, 4) is 5.75 Å². The number of benzene rings is 2. The first-order chi connectivity index (χ1) is 12.1. The van der Waals surface area contributed by atoms with Gasteiger partial charge < -0.3 is 14.6 Å². The summed E-state index contributed by atoms with van der Waals surface area (Å²) in [5, 5.41) is 4.11. The summed E-state index contributed by atoms with van der Waals surface area (Å²) in [5.74, 6) is 0.0858. The predicted octanol–water partition coefficient (Wildman–Crippen LogP) is 3.69. The van der Waals surface area contributed by atoms with Crippen LogP contribution in [0.1, 0.15) is 6.92 Å². The molecule has 0 spiro atoms. The molecule has 0 atom stereocenters. The first kappa shape index (κ1) is 17.0. The molecule has 6 heteroatoms. The van der Waals surface area contributed by atoms with E-state index in [1.807, 2.05) is 31.2 Å². The Kier molecular flexibility index (Phi) is 5.05. The van der Waals surface area contributed by atoms with Gasteiger partial charge in [0.05, 0.1) is 5.52 Å². The van der Waals surface area contributed by atoms with Crippen LogP contribution in [0.25, 0.3) is 10.9 Å². The van der Waals surface area contributed by atoms with Gasteiger partial charge in [-0.1, -0.05) is 23.7 Å². The summed E-state index contributed by atoms with van der Waals surface area (Å²) in [5.41, 5.74) is 1.25. The van der Waals surface area contributed by atoms with Crippen molar-refractivity contribution < 1.29 is 9.53 Å². The van der Waals surface area contributed by atoms with Crippen LogP contribution in [0.5, 0.6) is 5.75 Å². The molecule has 5 nitrogen and oxygen atoms in total. The van der Waals surface area contributed by atoms with Crippen LogP contribution in [-0.4, -0.2) is 17.1 Å². The van der Waals surface area contributed by atoms with Crippen LogP contribution < -0.4 is 15.6 Å². The average Bonchev–Trinajstić information content (AvgIpc) is 2.62. The van der Waals surface area contributed by atoms with E-state index in [9.17, 15) is 9.59 Å². The number of carbonyl (C=O) groups excluding carboxylic acids is 1. The molecule has 0 saturated heterocycles. The Morgan fingerprint density at radius 2 is 1.88 bits per heavy atom. The Bertz CT molecular complexity index is 965. The van der Waals surface area contributed by atoms with Gasteiger partial charge in [-0.3, -0.25) is 9.59 Å². The van der Waals surface area contributed by atoms with Gasteiger partial charge >= 0.3 is 0 Å². The maximum absolute atomic E-state index is 12.2. The summed E-state index contributed by atoms with van der Waals surface area (Å²) in [7, 11) is 0. The van der Waals surface area contributed by atoms with E-state index in [0.717, 1.165) is 10.9 Å². The fraction of sp³-hybridized carbons (Fsp3) is 0.158. The lowest BCUT2D eigenvalue weighted by atomic mass is 10.2. The molecular weight excluding hydrogens is 340 g/mol. The average molecular weight is 357 g/mol. The molecule has 0 aliphatic rings. The second kappa shape index (κ2) is 7.40.